The van der Waals surface area contributed by atoms with Crippen LogP contribution in [-0.4, -0.2) is 12.1 Å². The zero-order valence-electron chi connectivity index (χ0n) is 7.86. The SMILES string of the molecule is COc1ccc(Cc2n[c]cs2)cc1. The number of hydrogen-bond acceptors (Lipinski definition) is 3. The number of benzene rings is 1. The van der Waals surface area contributed by atoms with Crippen molar-refractivity contribution < 1.29 is 4.74 Å². The van der Waals surface area contributed by atoms with Gasteiger partial charge in [-0.2, -0.15) is 0 Å². The Hall–Kier alpha value is -1.35. The smallest absolute Gasteiger partial charge is 0.118 e. The lowest BCUT2D eigenvalue weighted by Gasteiger charge is -2.01. The molecule has 1 radical (unpaired) electrons. The Morgan fingerprint density at radius 3 is 2.71 bits per heavy atom. The van der Waals surface area contributed by atoms with Crippen LogP contribution in [0.3, 0.4) is 0 Å². The van der Waals surface area contributed by atoms with Gasteiger partial charge in [0.05, 0.1) is 12.1 Å². The summed E-state index contributed by atoms with van der Waals surface area (Å²) in [5.74, 6) is 0.888. The van der Waals surface area contributed by atoms with E-state index >= 15 is 0 Å². The van der Waals surface area contributed by atoms with E-state index in [1.54, 1.807) is 18.4 Å². The van der Waals surface area contributed by atoms with Crippen LogP contribution in [0.2, 0.25) is 0 Å². The molecule has 0 aliphatic rings. The highest BCUT2D eigenvalue weighted by molar-refractivity contribution is 7.09. The minimum atomic E-state index is 0.873. The van der Waals surface area contributed by atoms with Crippen LogP contribution in [0.1, 0.15) is 10.6 Å². The molecule has 71 valence electrons. The van der Waals surface area contributed by atoms with Crippen molar-refractivity contribution in [3.8, 4) is 5.75 Å². The summed E-state index contributed by atoms with van der Waals surface area (Å²) in [4.78, 5) is 4.12. The maximum Gasteiger partial charge on any atom is 0.118 e. The van der Waals surface area contributed by atoms with Gasteiger partial charge in [0.15, 0.2) is 0 Å². The first kappa shape index (κ1) is 9.21. The summed E-state index contributed by atoms with van der Waals surface area (Å²) >= 11 is 1.63. The third-order valence-corrected chi connectivity index (χ3v) is 2.68. The Bertz CT molecular complexity index is 380. The van der Waals surface area contributed by atoms with Crippen molar-refractivity contribution >= 4 is 11.3 Å². The number of aromatic nitrogens is 1. The second-order valence-corrected chi connectivity index (χ2v) is 3.84. The number of ether oxygens (including phenoxy) is 1. The molecule has 1 aromatic heterocycles. The highest BCUT2D eigenvalue weighted by Gasteiger charge is 1.98. The van der Waals surface area contributed by atoms with Crippen LogP contribution in [0.4, 0.5) is 0 Å². The molecule has 2 nitrogen and oxygen atoms in total. The summed E-state index contributed by atoms with van der Waals surface area (Å²) in [5.41, 5.74) is 1.24. The fourth-order valence-electron chi connectivity index (χ4n) is 1.22. The maximum atomic E-state index is 5.09. The van der Waals surface area contributed by atoms with E-state index in [4.69, 9.17) is 4.74 Å². The van der Waals surface area contributed by atoms with Crippen molar-refractivity contribution in [2.45, 2.75) is 6.42 Å². The van der Waals surface area contributed by atoms with Gasteiger partial charge in [0.1, 0.15) is 11.9 Å². The third-order valence-electron chi connectivity index (χ3n) is 1.95. The van der Waals surface area contributed by atoms with Crippen molar-refractivity contribution in [1.82, 2.24) is 4.98 Å². The number of thiazole rings is 1. The molecule has 0 saturated heterocycles. The van der Waals surface area contributed by atoms with Crippen molar-refractivity contribution in [3.63, 3.8) is 0 Å². The molecule has 1 heterocycles. The first-order chi connectivity index (χ1) is 6.88. The van der Waals surface area contributed by atoms with Gasteiger partial charge >= 0.3 is 0 Å². The standard InChI is InChI=1S/C11H10NOS/c1-13-10-4-2-9(3-5-10)8-11-12-6-7-14-11/h2-5,7H,8H2,1H3. The molecule has 3 heteroatoms. The largest absolute Gasteiger partial charge is 0.497 e. The molecule has 0 atom stereocenters. The summed E-state index contributed by atoms with van der Waals surface area (Å²) in [6.45, 7) is 0. The molecule has 0 unspecified atom stereocenters. The topological polar surface area (TPSA) is 22.1 Å². The van der Waals surface area contributed by atoms with Crippen molar-refractivity contribution in [2.75, 3.05) is 7.11 Å². The number of nitrogens with zero attached hydrogens (tertiary/aromatic N) is 1. The molecule has 0 amide bonds. The molecule has 0 bridgehead atoms. The van der Waals surface area contributed by atoms with Crippen molar-refractivity contribution in [1.29, 1.82) is 0 Å². The fourth-order valence-corrected chi connectivity index (χ4v) is 1.82. The first-order valence-electron chi connectivity index (χ1n) is 4.32. The van der Waals surface area contributed by atoms with Gasteiger partial charge in [-0.1, -0.05) is 12.1 Å². The Kier molecular flexibility index (Phi) is 2.79. The van der Waals surface area contributed by atoms with Gasteiger partial charge in [-0.3, -0.25) is 0 Å². The van der Waals surface area contributed by atoms with Crippen LogP contribution in [0, 0.1) is 6.20 Å². The van der Waals surface area contributed by atoms with Crippen LogP contribution in [0.5, 0.6) is 5.75 Å². The molecule has 14 heavy (non-hydrogen) atoms. The molecule has 0 aliphatic heterocycles. The predicted octanol–water partition coefficient (Wildman–Crippen LogP) is 2.54. The molecular formula is C11H10NOS. The Balaban J connectivity index is 2.10. The molecule has 1 aromatic carbocycles. The van der Waals surface area contributed by atoms with Crippen LogP contribution >= 0.6 is 11.3 Å². The maximum absolute atomic E-state index is 5.09. The Morgan fingerprint density at radius 1 is 1.36 bits per heavy atom. The first-order valence-corrected chi connectivity index (χ1v) is 5.20. The lowest BCUT2D eigenvalue weighted by Crippen LogP contribution is -1.87. The molecule has 2 aromatic rings. The van der Waals surface area contributed by atoms with Gasteiger partial charge in [0.25, 0.3) is 0 Å². The highest BCUT2D eigenvalue weighted by atomic mass is 32.1. The molecule has 0 fully saturated rings. The van der Waals surface area contributed by atoms with E-state index in [9.17, 15) is 0 Å². The van der Waals surface area contributed by atoms with Crippen LogP contribution < -0.4 is 4.74 Å². The lowest BCUT2D eigenvalue weighted by molar-refractivity contribution is 0.414. The van der Waals surface area contributed by atoms with E-state index < -0.39 is 0 Å². The van der Waals surface area contributed by atoms with Crippen LogP contribution in [-0.2, 0) is 6.42 Å². The molecular weight excluding hydrogens is 194 g/mol. The number of methoxy groups -OCH3 is 1. The zero-order valence-corrected chi connectivity index (χ0v) is 8.67. The lowest BCUT2D eigenvalue weighted by atomic mass is 10.1. The van der Waals surface area contributed by atoms with E-state index in [2.05, 4.69) is 23.3 Å². The number of hydrogen-bond donors (Lipinski definition) is 0. The Labute approximate surface area is 87.2 Å². The van der Waals surface area contributed by atoms with E-state index in [0.717, 1.165) is 17.2 Å². The molecule has 0 aliphatic carbocycles. The van der Waals surface area contributed by atoms with Gasteiger partial charge < -0.3 is 4.74 Å². The van der Waals surface area contributed by atoms with E-state index in [1.165, 1.54) is 5.56 Å². The Morgan fingerprint density at radius 2 is 2.14 bits per heavy atom. The van der Waals surface area contributed by atoms with E-state index in [1.807, 2.05) is 17.5 Å². The van der Waals surface area contributed by atoms with Gasteiger partial charge in [0, 0.05) is 11.8 Å². The van der Waals surface area contributed by atoms with Gasteiger partial charge in [0.2, 0.25) is 0 Å². The monoisotopic (exact) mass is 204 g/mol. The zero-order chi connectivity index (χ0) is 9.80. The average molecular weight is 204 g/mol. The van der Waals surface area contributed by atoms with E-state index in [0.29, 0.717) is 0 Å². The summed E-state index contributed by atoms with van der Waals surface area (Å²) in [6.07, 6.45) is 3.69. The minimum Gasteiger partial charge on any atom is -0.497 e. The highest BCUT2D eigenvalue weighted by Crippen LogP contribution is 2.15. The third kappa shape index (κ3) is 2.12. The summed E-state index contributed by atoms with van der Waals surface area (Å²) in [6, 6.07) is 8.04. The average Bonchev–Trinajstić information content (AvgIpc) is 2.72. The number of rotatable bonds is 3. The summed E-state index contributed by atoms with van der Waals surface area (Å²) < 4.78 is 5.09. The molecule has 0 spiro atoms. The predicted molar refractivity (Wildman–Crippen MR) is 56.8 cm³/mol. The van der Waals surface area contributed by atoms with Crippen LogP contribution in [0.15, 0.2) is 29.6 Å². The van der Waals surface area contributed by atoms with Gasteiger partial charge in [-0.25, -0.2) is 4.98 Å². The summed E-state index contributed by atoms with van der Waals surface area (Å²) in [7, 11) is 1.67. The van der Waals surface area contributed by atoms with E-state index in [-0.39, 0.29) is 0 Å². The second kappa shape index (κ2) is 4.24. The molecule has 0 saturated carbocycles. The van der Waals surface area contributed by atoms with Crippen molar-refractivity contribution in [2.24, 2.45) is 0 Å². The van der Waals surface area contributed by atoms with Crippen LogP contribution in [0.25, 0.3) is 0 Å². The van der Waals surface area contributed by atoms with Crippen molar-refractivity contribution in [3.05, 3.63) is 46.4 Å². The minimum absolute atomic E-state index is 0.873. The summed E-state index contributed by atoms with van der Waals surface area (Å²) in [5, 5.41) is 2.97. The molecule has 2 rings (SSSR count). The second-order valence-electron chi connectivity index (χ2n) is 2.90. The molecule has 0 N–H and O–H groups in total. The fraction of sp³-hybridized carbons (Fsp3) is 0.182. The quantitative estimate of drug-likeness (QED) is 0.766. The van der Waals surface area contributed by atoms with Gasteiger partial charge in [-0.15, -0.1) is 11.3 Å². The normalized spacial score (nSPS) is 10.1. The van der Waals surface area contributed by atoms with Gasteiger partial charge in [-0.05, 0) is 17.7 Å².